The topological polar surface area (TPSA) is 75.3 Å². The highest BCUT2D eigenvalue weighted by atomic mass is 16.3. The van der Waals surface area contributed by atoms with Gasteiger partial charge in [-0.25, -0.2) is 0 Å². The summed E-state index contributed by atoms with van der Waals surface area (Å²) in [5.41, 5.74) is 7.44. The highest BCUT2D eigenvalue weighted by Gasteiger charge is 1.96. The third-order valence-electron chi connectivity index (χ3n) is 2.85. The lowest BCUT2D eigenvalue weighted by atomic mass is 10.1. The van der Waals surface area contributed by atoms with Crippen LogP contribution in [0.5, 0.6) is 5.75 Å². The van der Waals surface area contributed by atoms with Crippen LogP contribution in [0, 0.1) is 0 Å². The Balaban J connectivity index is 2.18. The standard InChI is InChI=1S/C15H22N2O2/c16-15(13-6-8-14(19)9-7-13)12-17-10-4-2-1-3-5-11-18/h6-9,11-12,17,19H,1-5,10,16H2/b15-12-. The number of carbonyl (C=O) groups is 1. The molecule has 0 radical (unpaired) electrons. The molecule has 0 heterocycles. The van der Waals surface area contributed by atoms with Crippen molar-refractivity contribution >= 4 is 12.0 Å². The number of phenolic OH excluding ortho intramolecular Hbond substituents is 1. The third-order valence-corrected chi connectivity index (χ3v) is 2.85. The molecular formula is C15H22N2O2. The Labute approximate surface area is 114 Å². The first-order chi connectivity index (χ1) is 9.24. The molecule has 19 heavy (non-hydrogen) atoms. The number of aromatic hydroxyl groups is 1. The zero-order valence-corrected chi connectivity index (χ0v) is 11.1. The van der Waals surface area contributed by atoms with E-state index in [2.05, 4.69) is 5.32 Å². The minimum absolute atomic E-state index is 0.236. The van der Waals surface area contributed by atoms with Gasteiger partial charge in [-0.2, -0.15) is 0 Å². The number of hydrogen-bond acceptors (Lipinski definition) is 4. The van der Waals surface area contributed by atoms with Gasteiger partial charge in [0.15, 0.2) is 0 Å². The molecule has 4 N–H and O–H groups in total. The van der Waals surface area contributed by atoms with Gasteiger partial charge in [0, 0.05) is 19.2 Å². The van der Waals surface area contributed by atoms with Crippen LogP contribution in [0.1, 0.15) is 37.7 Å². The molecule has 0 aliphatic carbocycles. The molecule has 0 unspecified atom stereocenters. The van der Waals surface area contributed by atoms with Gasteiger partial charge in [0.2, 0.25) is 0 Å². The molecule has 0 amide bonds. The summed E-state index contributed by atoms with van der Waals surface area (Å²) < 4.78 is 0. The van der Waals surface area contributed by atoms with Crippen LogP contribution in [0.2, 0.25) is 0 Å². The highest BCUT2D eigenvalue weighted by Crippen LogP contribution is 2.13. The van der Waals surface area contributed by atoms with Gasteiger partial charge in [-0.3, -0.25) is 0 Å². The van der Waals surface area contributed by atoms with Gasteiger partial charge in [-0.15, -0.1) is 0 Å². The first kappa shape index (κ1) is 15.1. The molecule has 0 atom stereocenters. The van der Waals surface area contributed by atoms with E-state index in [4.69, 9.17) is 5.73 Å². The van der Waals surface area contributed by atoms with E-state index in [9.17, 15) is 9.90 Å². The molecule has 0 bridgehead atoms. The van der Waals surface area contributed by atoms with Crippen molar-refractivity contribution < 1.29 is 9.90 Å². The van der Waals surface area contributed by atoms with Gasteiger partial charge >= 0.3 is 0 Å². The maximum Gasteiger partial charge on any atom is 0.119 e. The second kappa shape index (κ2) is 9.03. The highest BCUT2D eigenvalue weighted by molar-refractivity contribution is 5.62. The molecular weight excluding hydrogens is 240 g/mol. The minimum Gasteiger partial charge on any atom is -0.508 e. The van der Waals surface area contributed by atoms with Crippen LogP contribution in [-0.2, 0) is 4.79 Å². The van der Waals surface area contributed by atoms with Crippen molar-refractivity contribution in [2.75, 3.05) is 6.54 Å². The molecule has 0 aliphatic heterocycles. The molecule has 0 aliphatic rings. The second-order valence-electron chi connectivity index (χ2n) is 4.47. The zero-order valence-electron chi connectivity index (χ0n) is 11.1. The molecule has 104 valence electrons. The van der Waals surface area contributed by atoms with Crippen LogP contribution in [0.3, 0.4) is 0 Å². The SMILES string of the molecule is N/C(=C\NCCCCCCC=O)c1ccc(O)cc1. The van der Waals surface area contributed by atoms with Crippen LogP contribution >= 0.6 is 0 Å². The summed E-state index contributed by atoms with van der Waals surface area (Å²) in [5, 5.41) is 12.3. The molecule has 1 rings (SSSR count). The van der Waals surface area contributed by atoms with Crippen LogP contribution < -0.4 is 11.1 Å². The summed E-state index contributed by atoms with van der Waals surface area (Å²) in [6.07, 6.45) is 7.69. The third kappa shape index (κ3) is 6.50. The van der Waals surface area contributed by atoms with E-state index in [1.54, 1.807) is 30.5 Å². The van der Waals surface area contributed by atoms with E-state index in [1.165, 1.54) is 0 Å². The number of phenols is 1. The summed E-state index contributed by atoms with van der Waals surface area (Å²) in [6.45, 7) is 0.875. The van der Waals surface area contributed by atoms with Gasteiger partial charge < -0.3 is 21.0 Å². The molecule has 0 spiro atoms. The Kier molecular flexibility index (Phi) is 7.17. The van der Waals surface area contributed by atoms with Gasteiger partial charge in [0.25, 0.3) is 0 Å². The Morgan fingerprint density at radius 3 is 2.53 bits per heavy atom. The Morgan fingerprint density at radius 2 is 1.84 bits per heavy atom. The summed E-state index contributed by atoms with van der Waals surface area (Å²) in [5.74, 6) is 0.236. The van der Waals surface area contributed by atoms with Crippen LogP contribution in [0.4, 0.5) is 0 Å². The quantitative estimate of drug-likeness (QED) is 0.472. The van der Waals surface area contributed by atoms with Crippen molar-refractivity contribution in [1.82, 2.24) is 5.32 Å². The monoisotopic (exact) mass is 262 g/mol. The fourth-order valence-corrected chi connectivity index (χ4v) is 1.73. The first-order valence-corrected chi connectivity index (χ1v) is 6.66. The van der Waals surface area contributed by atoms with Gasteiger partial charge in [-0.1, -0.05) is 12.8 Å². The number of carbonyl (C=O) groups excluding carboxylic acids is 1. The molecule has 0 aromatic heterocycles. The summed E-state index contributed by atoms with van der Waals surface area (Å²) in [4.78, 5) is 10.1. The molecule has 0 fully saturated rings. The van der Waals surface area contributed by atoms with Gasteiger partial charge in [0.1, 0.15) is 12.0 Å². The second-order valence-corrected chi connectivity index (χ2v) is 4.47. The Bertz CT molecular complexity index is 399. The lowest BCUT2D eigenvalue weighted by Crippen LogP contribution is -2.10. The number of aldehydes is 1. The molecule has 0 saturated carbocycles. The van der Waals surface area contributed by atoms with Crippen LogP contribution in [-0.4, -0.2) is 17.9 Å². The average molecular weight is 262 g/mol. The van der Waals surface area contributed by atoms with E-state index in [0.29, 0.717) is 12.1 Å². The number of nitrogens with one attached hydrogen (secondary N) is 1. The molecule has 1 aromatic rings. The predicted octanol–water partition coefficient (Wildman–Crippen LogP) is 2.39. The fraction of sp³-hybridized carbons (Fsp3) is 0.400. The number of nitrogens with two attached hydrogens (primary N) is 1. The van der Waals surface area contributed by atoms with E-state index < -0.39 is 0 Å². The van der Waals surface area contributed by atoms with Crippen molar-refractivity contribution in [1.29, 1.82) is 0 Å². The summed E-state index contributed by atoms with van der Waals surface area (Å²) >= 11 is 0. The lowest BCUT2D eigenvalue weighted by Gasteiger charge is -2.04. The van der Waals surface area contributed by atoms with Crippen molar-refractivity contribution in [2.45, 2.75) is 32.1 Å². The molecule has 1 aromatic carbocycles. The van der Waals surface area contributed by atoms with Gasteiger partial charge in [-0.05, 0) is 42.7 Å². The predicted molar refractivity (Wildman–Crippen MR) is 77.4 cm³/mol. The Hall–Kier alpha value is -1.97. The van der Waals surface area contributed by atoms with E-state index in [-0.39, 0.29) is 5.75 Å². The fourth-order valence-electron chi connectivity index (χ4n) is 1.73. The van der Waals surface area contributed by atoms with Crippen LogP contribution in [0.25, 0.3) is 5.70 Å². The summed E-state index contributed by atoms with van der Waals surface area (Å²) in [7, 11) is 0. The maximum atomic E-state index is 10.1. The minimum atomic E-state index is 0.236. The van der Waals surface area contributed by atoms with E-state index in [0.717, 1.165) is 44.1 Å². The van der Waals surface area contributed by atoms with Crippen molar-refractivity contribution in [3.05, 3.63) is 36.0 Å². The Morgan fingerprint density at radius 1 is 1.16 bits per heavy atom. The van der Waals surface area contributed by atoms with E-state index >= 15 is 0 Å². The summed E-state index contributed by atoms with van der Waals surface area (Å²) in [6, 6.07) is 6.79. The van der Waals surface area contributed by atoms with Crippen molar-refractivity contribution in [3.8, 4) is 5.75 Å². The smallest absolute Gasteiger partial charge is 0.119 e. The molecule has 4 heteroatoms. The van der Waals surface area contributed by atoms with Crippen molar-refractivity contribution in [3.63, 3.8) is 0 Å². The number of rotatable bonds is 9. The number of benzene rings is 1. The molecule has 4 nitrogen and oxygen atoms in total. The first-order valence-electron chi connectivity index (χ1n) is 6.66. The van der Waals surface area contributed by atoms with Crippen molar-refractivity contribution in [2.24, 2.45) is 5.73 Å². The average Bonchev–Trinajstić information content (AvgIpc) is 2.42. The normalized spacial score (nSPS) is 11.3. The van der Waals surface area contributed by atoms with E-state index in [1.807, 2.05) is 0 Å². The van der Waals surface area contributed by atoms with Gasteiger partial charge in [0.05, 0.1) is 5.70 Å². The number of unbranched alkanes of at least 4 members (excludes halogenated alkanes) is 4. The maximum absolute atomic E-state index is 10.1. The zero-order chi connectivity index (χ0) is 13.9. The largest absolute Gasteiger partial charge is 0.508 e. The van der Waals surface area contributed by atoms with Crippen LogP contribution in [0.15, 0.2) is 30.5 Å². The lowest BCUT2D eigenvalue weighted by molar-refractivity contribution is -0.107. The number of hydrogen-bond donors (Lipinski definition) is 3. The molecule has 0 saturated heterocycles.